The lowest BCUT2D eigenvalue weighted by Gasteiger charge is -2.32. The summed E-state index contributed by atoms with van der Waals surface area (Å²) in [6, 6.07) is 2.76. The lowest BCUT2D eigenvalue weighted by Crippen LogP contribution is -2.51. The number of benzene rings is 1. The van der Waals surface area contributed by atoms with Gasteiger partial charge in [0.1, 0.15) is 10.5 Å². The molecule has 2 aliphatic rings. The maximum Gasteiger partial charge on any atom is 0.397 e. The topological polar surface area (TPSA) is 127 Å². The standard InChI is InChI=1S/C18H24N3O5S/c1-18(7-3-2-4-8-18)25-16-14(21-9-5-6-10-21)11-13(17(22)26-19)12-15(16)27(20,23)24/h2-4,7,11-12H,5-6,8-10H2,1,19H3,(H2,20,23,24)/q+1. The lowest BCUT2D eigenvalue weighted by molar-refractivity contribution is -0.653. The van der Waals surface area contributed by atoms with Gasteiger partial charge in [0, 0.05) is 19.5 Å². The van der Waals surface area contributed by atoms with E-state index in [1.165, 1.54) is 6.07 Å². The summed E-state index contributed by atoms with van der Waals surface area (Å²) in [5.41, 5.74) is -0.145. The van der Waals surface area contributed by atoms with Crippen LogP contribution in [0, 0.1) is 0 Å². The quantitative estimate of drug-likeness (QED) is 0.715. The maximum absolute atomic E-state index is 12.3. The van der Waals surface area contributed by atoms with Gasteiger partial charge in [-0.15, -0.1) is 0 Å². The number of anilines is 1. The number of ether oxygens (including phenoxy) is 1. The van der Waals surface area contributed by atoms with Gasteiger partial charge in [0.2, 0.25) is 10.0 Å². The molecule has 1 saturated heterocycles. The molecular formula is C18H24N3O5S+. The van der Waals surface area contributed by atoms with E-state index in [2.05, 4.69) is 10.7 Å². The van der Waals surface area contributed by atoms with E-state index < -0.39 is 21.6 Å². The number of primary sulfonamides is 1. The predicted octanol–water partition coefficient (Wildman–Crippen LogP) is 0.902. The highest BCUT2D eigenvalue weighted by Crippen LogP contribution is 2.41. The van der Waals surface area contributed by atoms with Crippen molar-refractivity contribution in [3.63, 3.8) is 0 Å². The Morgan fingerprint density at radius 1 is 1.26 bits per heavy atom. The predicted molar refractivity (Wildman–Crippen MR) is 99.5 cm³/mol. The van der Waals surface area contributed by atoms with Crippen molar-refractivity contribution in [2.24, 2.45) is 5.14 Å². The molecule has 0 aromatic heterocycles. The number of nitrogens with two attached hydrogens (primary N) is 1. The van der Waals surface area contributed by atoms with Gasteiger partial charge in [-0.2, -0.15) is 5.90 Å². The molecule has 0 amide bonds. The molecule has 0 bridgehead atoms. The second kappa shape index (κ2) is 7.34. The zero-order valence-corrected chi connectivity index (χ0v) is 16.0. The van der Waals surface area contributed by atoms with Crippen molar-refractivity contribution in [3.05, 3.63) is 42.0 Å². The third kappa shape index (κ3) is 4.15. The van der Waals surface area contributed by atoms with E-state index in [1.54, 1.807) is 6.07 Å². The third-order valence-corrected chi connectivity index (χ3v) is 5.63. The fraction of sp³-hybridized carbons (Fsp3) is 0.389. The average Bonchev–Trinajstić information content (AvgIpc) is 3.15. The fourth-order valence-electron chi connectivity index (χ4n) is 3.31. The van der Waals surface area contributed by atoms with Crippen molar-refractivity contribution < 1.29 is 28.7 Å². The Bertz CT molecular complexity index is 904. The molecule has 146 valence electrons. The third-order valence-electron chi connectivity index (χ3n) is 4.71. The van der Waals surface area contributed by atoms with E-state index in [9.17, 15) is 13.2 Å². The van der Waals surface area contributed by atoms with Crippen LogP contribution in [-0.2, 0) is 14.9 Å². The zero-order valence-electron chi connectivity index (χ0n) is 15.2. The van der Waals surface area contributed by atoms with E-state index in [-0.39, 0.29) is 16.2 Å². The van der Waals surface area contributed by atoms with Crippen LogP contribution >= 0.6 is 0 Å². The van der Waals surface area contributed by atoms with Gasteiger partial charge in [-0.05, 0) is 38.0 Å². The maximum atomic E-state index is 12.3. The Hall–Kier alpha value is -2.36. The van der Waals surface area contributed by atoms with Crippen LogP contribution in [0.1, 0.15) is 36.5 Å². The molecular weight excluding hydrogens is 370 g/mol. The molecule has 9 heteroatoms. The summed E-state index contributed by atoms with van der Waals surface area (Å²) < 4.78 is 30.8. The highest BCUT2D eigenvalue weighted by Gasteiger charge is 2.32. The van der Waals surface area contributed by atoms with Crippen LogP contribution in [0.25, 0.3) is 0 Å². The minimum atomic E-state index is -4.15. The van der Waals surface area contributed by atoms with Gasteiger partial charge < -0.3 is 9.64 Å². The van der Waals surface area contributed by atoms with Crippen LogP contribution in [-0.4, -0.2) is 33.1 Å². The summed E-state index contributed by atoms with van der Waals surface area (Å²) in [5, 5.41) is 5.46. The molecule has 3 rings (SSSR count). The molecule has 0 spiro atoms. The van der Waals surface area contributed by atoms with Gasteiger partial charge >= 0.3 is 5.97 Å². The molecule has 5 N–H and O–H groups in total. The van der Waals surface area contributed by atoms with Gasteiger partial charge in [0.25, 0.3) is 0 Å². The van der Waals surface area contributed by atoms with E-state index >= 15 is 0 Å². The van der Waals surface area contributed by atoms with E-state index in [0.717, 1.165) is 25.9 Å². The minimum Gasteiger partial charge on any atom is -0.480 e. The molecule has 1 unspecified atom stereocenters. The monoisotopic (exact) mass is 394 g/mol. The first-order valence-electron chi connectivity index (χ1n) is 8.69. The Labute approximate surface area is 158 Å². The first-order chi connectivity index (χ1) is 12.7. The molecule has 1 aromatic rings. The van der Waals surface area contributed by atoms with Gasteiger partial charge in [-0.25, -0.2) is 18.4 Å². The van der Waals surface area contributed by atoms with Crippen molar-refractivity contribution in [2.45, 2.75) is 36.7 Å². The van der Waals surface area contributed by atoms with Crippen molar-refractivity contribution in [2.75, 3.05) is 18.0 Å². The Morgan fingerprint density at radius 2 is 1.96 bits per heavy atom. The number of sulfonamides is 1. The molecule has 1 aliphatic heterocycles. The second-order valence-electron chi connectivity index (χ2n) is 6.90. The highest BCUT2D eigenvalue weighted by molar-refractivity contribution is 7.89. The molecule has 27 heavy (non-hydrogen) atoms. The van der Waals surface area contributed by atoms with Crippen molar-refractivity contribution in [3.8, 4) is 5.75 Å². The van der Waals surface area contributed by atoms with Gasteiger partial charge in [0.15, 0.2) is 5.75 Å². The van der Waals surface area contributed by atoms with E-state index in [4.69, 9.17) is 9.88 Å². The SMILES string of the molecule is CC1(Oc2c(N3CCCC3)cc(C(=O)O[NH3+])cc2S(N)(=O)=O)C=CC=CC1. The second-order valence-corrected chi connectivity index (χ2v) is 8.43. The van der Waals surface area contributed by atoms with Crippen LogP contribution < -0.4 is 20.7 Å². The molecule has 0 radical (unpaired) electrons. The molecule has 1 aromatic carbocycles. The largest absolute Gasteiger partial charge is 0.480 e. The first-order valence-corrected chi connectivity index (χ1v) is 10.2. The molecule has 1 atom stereocenters. The molecule has 0 saturated carbocycles. The van der Waals surface area contributed by atoms with Crippen LogP contribution in [0.2, 0.25) is 0 Å². The number of allylic oxidation sites excluding steroid dienone is 2. The smallest absolute Gasteiger partial charge is 0.397 e. The number of carbonyl (C=O) groups excluding carboxylic acids is 1. The van der Waals surface area contributed by atoms with E-state index in [0.29, 0.717) is 12.1 Å². The van der Waals surface area contributed by atoms with Crippen LogP contribution in [0.4, 0.5) is 5.69 Å². The molecule has 1 aliphatic carbocycles. The van der Waals surface area contributed by atoms with Crippen LogP contribution in [0.5, 0.6) is 5.75 Å². The average molecular weight is 394 g/mol. The van der Waals surface area contributed by atoms with Gasteiger partial charge in [-0.3, -0.25) is 4.84 Å². The first kappa shape index (κ1) is 19.4. The number of carbonyl (C=O) groups is 1. The summed E-state index contributed by atoms with van der Waals surface area (Å²) in [5.74, 6) is 2.53. The van der Waals surface area contributed by atoms with Crippen molar-refractivity contribution >= 4 is 21.7 Å². The number of hydrogen-bond acceptors (Lipinski definition) is 6. The Balaban J connectivity index is 2.19. The highest BCUT2D eigenvalue weighted by atomic mass is 32.2. The van der Waals surface area contributed by atoms with Crippen LogP contribution in [0.15, 0.2) is 41.3 Å². The number of hydrogen-bond donors (Lipinski definition) is 2. The summed E-state index contributed by atoms with van der Waals surface area (Å²) in [7, 11) is -4.15. The summed E-state index contributed by atoms with van der Waals surface area (Å²) >= 11 is 0. The Kier molecular flexibility index (Phi) is 5.27. The summed E-state index contributed by atoms with van der Waals surface area (Å²) in [6.45, 7) is 3.33. The van der Waals surface area contributed by atoms with Crippen molar-refractivity contribution in [1.82, 2.24) is 0 Å². The van der Waals surface area contributed by atoms with Crippen molar-refractivity contribution in [1.29, 1.82) is 0 Å². The minimum absolute atomic E-state index is 0.0625. The molecule has 1 heterocycles. The number of quaternary nitrogens is 1. The molecule has 8 nitrogen and oxygen atoms in total. The van der Waals surface area contributed by atoms with Crippen LogP contribution in [0.3, 0.4) is 0 Å². The number of nitrogens with zero attached hydrogens (tertiary/aromatic N) is 1. The van der Waals surface area contributed by atoms with Gasteiger partial charge in [0.05, 0.1) is 11.3 Å². The Morgan fingerprint density at radius 3 is 2.52 bits per heavy atom. The zero-order chi connectivity index (χ0) is 19.7. The molecule has 1 fully saturated rings. The lowest BCUT2D eigenvalue weighted by atomic mass is 9.97. The number of rotatable bonds is 5. The summed E-state index contributed by atoms with van der Waals surface area (Å²) in [6.07, 6.45) is 10.1. The van der Waals surface area contributed by atoms with Gasteiger partial charge in [-0.1, -0.05) is 18.2 Å². The summed E-state index contributed by atoms with van der Waals surface area (Å²) in [4.78, 5) is 18.3. The normalized spacial score (nSPS) is 22.1. The van der Waals surface area contributed by atoms with E-state index in [1.807, 2.05) is 36.1 Å². The fourth-order valence-corrected chi connectivity index (χ4v) is 4.01.